The fourth-order valence-electron chi connectivity index (χ4n) is 2.74. The minimum atomic E-state index is 0.167. The highest BCUT2D eigenvalue weighted by Crippen LogP contribution is 2.33. The van der Waals surface area contributed by atoms with Crippen LogP contribution in [0.1, 0.15) is 23.6 Å². The lowest BCUT2D eigenvalue weighted by Gasteiger charge is -2.25. The summed E-state index contributed by atoms with van der Waals surface area (Å²) in [6.45, 7) is 2.91. The summed E-state index contributed by atoms with van der Waals surface area (Å²) in [7, 11) is 0. The molecule has 0 aromatic heterocycles. The molecule has 1 aliphatic carbocycles. The van der Waals surface area contributed by atoms with Crippen molar-refractivity contribution >= 4 is 0 Å². The number of ether oxygens (including phenoxy) is 2. The Labute approximate surface area is 107 Å². The van der Waals surface area contributed by atoms with Gasteiger partial charge in [0.1, 0.15) is 5.75 Å². The van der Waals surface area contributed by atoms with E-state index in [0.717, 1.165) is 19.4 Å². The van der Waals surface area contributed by atoms with Crippen LogP contribution in [-0.4, -0.2) is 37.6 Å². The van der Waals surface area contributed by atoms with Gasteiger partial charge in [0, 0.05) is 12.6 Å². The van der Waals surface area contributed by atoms with Crippen LogP contribution in [0.3, 0.4) is 0 Å². The van der Waals surface area contributed by atoms with Crippen LogP contribution < -0.4 is 5.32 Å². The van der Waals surface area contributed by atoms with Crippen molar-refractivity contribution < 1.29 is 14.6 Å². The zero-order valence-corrected chi connectivity index (χ0v) is 10.4. The number of aryl methyl sites for hydroxylation is 1. The van der Waals surface area contributed by atoms with Crippen LogP contribution in [0.5, 0.6) is 5.75 Å². The van der Waals surface area contributed by atoms with Crippen molar-refractivity contribution in [2.45, 2.75) is 25.0 Å². The first-order valence-electron chi connectivity index (χ1n) is 6.57. The topological polar surface area (TPSA) is 50.7 Å². The Morgan fingerprint density at radius 1 is 1.33 bits per heavy atom. The lowest BCUT2D eigenvalue weighted by Crippen LogP contribution is -2.38. The third-order valence-electron chi connectivity index (χ3n) is 3.68. The van der Waals surface area contributed by atoms with E-state index in [1.807, 2.05) is 12.1 Å². The quantitative estimate of drug-likeness (QED) is 0.850. The summed E-state index contributed by atoms with van der Waals surface area (Å²) in [4.78, 5) is 0. The van der Waals surface area contributed by atoms with Crippen LogP contribution in [0.4, 0.5) is 0 Å². The first kappa shape index (κ1) is 12.0. The van der Waals surface area contributed by atoms with E-state index in [0.29, 0.717) is 31.6 Å². The summed E-state index contributed by atoms with van der Waals surface area (Å²) >= 11 is 0. The predicted octanol–water partition coefficient (Wildman–Crippen LogP) is 1.38. The average Bonchev–Trinajstić information content (AvgIpc) is 2.80. The number of hydrogen-bond acceptors (Lipinski definition) is 4. The van der Waals surface area contributed by atoms with Gasteiger partial charge in [0.25, 0.3) is 0 Å². The molecular weight excluding hydrogens is 230 g/mol. The van der Waals surface area contributed by atoms with Crippen molar-refractivity contribution in [3.8, 4) is 5.75 Å². The summed E-state index contributed by atoms with van der Waals surface area (Å²) in [6, 6.07) is 6.04. The van der Waals surface area contributed by atoms with E-state index in [4.69, 9.17) is 9.47 Å². The Balaban J connectivity index is 1.59. The maximum atomic E-state index is 9.46. The van der Waals surface area contributed by atoms with Gasteiger partial charge < -0.3 is 19.9 Å². The molecule has 18 heavy (non-hydrogen) atoms. The Morgan fingerprint density at radius 3 is 3.11 bits per heavy atom. The smallest absolute Gasteiger partial charge is 0.115 e. The Hall–Kier alpha value is -1.10. The number of hydrogen-bond donors (Lipinski definition) is 2. The average molecular weight is 249 g/mol. The molecule has 0 saturated carbocycles. The van der Waals surface area contributed by atoms with Gasteiger partial charge in [-0.15, -0.1) is 0 Å². The van der Waals surface area contributed by atoms with Crippen molar-refractivity contribution in [1.82, 2.24) is 5.32 Å². The van der Waals surface area contributed by atoms with Crippen LogP contribution in [-0.2, 0) is 15.9 Å². The van der Waals surface area contributed by atoms with Gasteiger partial charge in [-0.25, -0.2) is 0 Å². The van der Waals surface area contributed by atoms with E-state index in [-0.39, 0.29) is 6.10 Å². The number of aromatic hydroxyl groups is 1. The second-order valence-electron chi connectivity index (χ2n) is 4.95. The van der Waals surface area contributed by atoms with Crippen LogP contribution in [0.25, 0.3) is 0 Å². The van der Waals surface area contributed by atoms with Gasteiger partial charge in [0.05, 0.1) is 25.9 Å². The maximum absolute atomic E-state index is 9.46. The van der Waals surface area contributed by atoms with Crippen molar-refractivity contribution in [2.24, 2.45) is 0 Å². The fraction of sp³-hybridized carbons (Fsp3) is 0.571. The molecular formula is C14H19NO3. The number of benzene rings is 1. The summed E-state index contributed by atoms with van der Waals surface area (Å²) in [5.41, 5.74) is 2.57. The molecule has 1 aliphatic heterocycles. The van der Waals surface area contributed by atoms with Gasteiger partial charge in [-0.1, -0.05) is 6.07 Å². The van der Waals surface area contributed by atoms with Gasteiger partial charge >= 0.3 is 0 Å². The van der Waals surface area contributed by atoms with Gasteiger partial charge in [-0.3, -0.25) is 0 Å². The number of fused-ring (bicyclic) bond motifs is 1. The third kappa shape index (κ3) is 2.51. The van der Waals surface area contributed by atoms with Crippen LogP contribution in [0.15, 0.2) is 18.2 Å². The van der Waals surface area contributed by atoms with Crippen molar-refractivity contribution in [2.75, 3.05) is 26.4 Å². The van der Waals surface area contributed by atoms with E-state index in [2.05, 4.69) is 5.32 Å². The Morgan fingerprint density at radius 2 is 2.28 bits per heavy atom. The molecule has 2 atom stereocenters. The molecule has 1 aromatic rings. The second-order valence-corrected chi connectivity index (χ2v) is 4.95. The molecule has 1 saturated heterocycles. The zero-order chi connectivity index (χ0) is 12.4. The minimum absolute atomic E-state index is 0.167. The van der Waals surface area contributed by atoms with Crippen molar-refractivity contribution in [3.63, 3.8) is 0 Å². The van der Waals surface area contributed by atoms with Crippen molar-refractivity contribution in [3.05, 3.63) is 29.3 Å². The monoisotopic (exact) mass is 249 g/mol. The third-order valence-corrected chi connectivity index (χ3v) is 3.68. The molecule has 2 unspecified atom stereocenters. The number of nitrogens with one attached hydrogen (secondary N) is 1. The molecule has 0 spiro atoms. The molecule has 0 bridgehead atoms. The molecule has 0 radical (unpaired) electrons. The molecule has 2 N–H and O–H groups in total. The van der Waals surface area contributed by atoms with Gasteiger partial charge in [0.2, 0.25) is 0 Å². The van der Waals surface area contributed by atoms with E-state index in [1.54, 1.807) is 6.07 Å². The van der Waals surface area contributed by atoms with Crippen LogP contribution >= 0.6 is 0 Å². The van der Waals surface area contributed by atoms with E-state index < -0.39 is 0 Å². The lowest BCUT2D eigenvalue weighted by atomic mass is 10.1. The standard InChI is InChI=1S/C14H19NO3/c16-11-2-3-13-10(7-11)1-4-14(13)15-8-12-9-17-5-6-18-12/h2-3,7,12,14-16H,1,4-6,8-9H2. The van der Waals surface area contributed by atoms with E-state index in [9.17, 15) is 5.11 Å². The largest absolute Gasteiger partial charge is 0.508 e. The molecule has 98 valence electrons. The molecule has 4 nitrogen and oxygen atoms in total. The SMILES string of the molecule is Oc1ccc2c(c1)CCC2NCC1COCCO1. The highest BCUT2D eigenvalue weighted by molar-refractivity contribution is 5.40. The number of phenols is 1. The molecule has 1 fully saturated rings. The summed E-state index contributed by atoms with van der Waals surface area (Å²) in [6.07, 6.45) is 2.29. The maximum Gasteiger partial charge on any atom is 0.115 e. The highest BCUT2D eigenvalue weighted by atomic mass is 16.6. The normalized spacial score (nSPS) is 27.1. The van der Waals surface area contributed by atoms with Crippen LogP contribution in [0.2, 0.25) is 0 Å². The second kappa shape index (κ2) is 5.26. The minimum Gasteiger partial charge on any atom is -0.508 e. The highest BCUT2D eigenvalue weighted by Gasteiger charge is 2.24. The summed E-state index contributed by atoms with van der Waals surface area (Å²) in [5, 5.41) is 13.0. The summed E-state index contributed by atoms with van der Waals surface area (Å²) < 4.78 is 11.0. The zero-order valence-electron chi connectivity index (χ0n) is 10.4. The lowest BCUT2D eigenvalue weighted by molar-refractivity contribution is -0.0870. The number of rotatable bonds is 3. The van der Waals surface area contributed by atoms with Gasteiger partial charge in [-0.2, -0.15) is 0 Å². The first-order chi connectivity index (χ1) is 8.83. The number of phenolic OH excluding ortho intramolecular Hbond substituents is 1. The van der Waals surface area contributed by atoms with Gasteiger partial charge in [-0.05, 0) is 36.1 Å². The molecule has 4 heteroatoms. The Bertz CT molecular complexity index is 416. The van der Waals surface area contributed by atoms with Crippen molar-refractivity contribution in [1.29, 1.82) is 0 Å². The first-order valence-corrected chi connectivity index (χ1v) is 6.57. The van der Waals surface area contributed by atoms with E-state index >= 15 is 0 Å². The summed E-state index contributed by atoms with van der Waals surface area (Å²) in [5.74, 6) is 0.360. The molecule has 2 aliphatic rings. The predicted molar refractivity (Wildman–Crippen MR) is 67.7 cm³/mol. The molecule has 0 amide bonds. The molecule has 1 heterocycles. The van der Waals surface area contributed by atoms with Gasteiger partial charge in [0.15, 0.2) is 0 Å². The molecule has 3 rings (SSSR count). The Kier molecular flexibility index (Phi) is 3.50. The fourth-order valence-corrected chi connectivity index (χ4v) is 2.74. The van der Waals surface area contributed by atoms with E-state index in [1.165, 1.54) is 11.1 Å². The van der Waals surface area contributed by atoms with Crippen LogP contribution in [0, 0.1) is 0 Å². The molecule has 1 aromatic carbocycles.